The van der Waals surface area contributed by atoms with E-state index >= 15 is 0 Å². The molecule has 0 radical (unpaired) electrons. The van der Waals surface area contributed by atoms with Crippen molar-refractivity contribution in [2.24, 2.45) is 5.92 Å². The Morgan fingerprint density at radius 1 is 1.24 bits per heavy atom. The Hall–Kier alpha value is 0.400. The number of rotatable bonds is 7. The summed E-state index contributed by atoms with van der Waals surface area (Å²) in [5.74, 6) is 2.81. The summed E-state index contributed by atoms with van der Waals surface area (Å²) in [4.78, 5) is 0. The Morgan fingerprint density at radius 2 is 1.94 bits per heavy atom. The molecule has 100 valence electrons. The van der Waals surface area contributed by atoms with E-state index in [0.29, 0.717) is 5.92 Å². The molecule has 1 N–H and O–H groups in total. The molecule has 1 rings (SSSR count). The summed E-state index contributed by atoms with van der Waals surface area (Å²) < 4.78 is 1.43. The first kappa shape index (κ1) is 15.5. The third-order valence-electron chi connectivity index (χ3n) is 3.14. The van der Waals surface area contributed by atoms with Crippen molar-refractivity contribution in [3.8, 4) is 0 Å². The Bertz CT molecular complexity index is 220. The maximum Gasteiger partial charge on any atom is 0.0600 e. The molecule has 2 atom stereocenters. The second-order valence-corrected chi connectivity index (χ2v) is 7.34. The zero-order chi connectivity index (χ0) is 12.5. The molecule has 1 fully saturated rings. The molecule has 0 aromatic carbocycles. The number of unbranched alkanes of at least 4 members (excludes halogenated alkanes) is 3. The van der Waals surface area contributed by atoms with Gasteiger partial charge >= 0.3 is 0 Å². The van der Waals surface area contributed by atoms with Crippen molar-refractivity contribution >= 4 is 23.5 Å². The summed E-state index contributed by atoms with van der Waals surface area (Å²) in [6, 6.07) is 0. The summed E-state index contributed by atoms with van der Waals surface area (Å²) in [6.07, 6.45) is 9.40. The van der Waals surface area contributed by atoms with Gasteiger partial charge < -0.3 is 5.11 Å². The third-order valence-corrected chi connectivity index (χ3v) is 5.67. The average Bonchev–Trinajstić information content (AvgIpc) is 2.35. The van der Waals surface area contributed by atoms with E-state index < -0.39 is 0 Å². The molecule has 0 aromatic heterocycles. The fourth-order valence-corrected chi connectivity index (χ4v) is 4.53. The zero-order valence-corrected chi connectivity index (χ0v) is 12.8. The van der Waals surface area contributed by atoms with Crippen molar-refractivity contribution in [3.63, 3.8) is 0 Å². The largest absolute Gasteiger partial charge is 0.393 e. The highest BCUT2D eigenvalue weighted by Gasteiger charge is 2.14. The van der Waals surface area contributed by atoms with Crippen LogP contribution in [0.1, 0.15) is 52.4 Å². The van der Waals surface area contributed by atoms with Gasteiger partial charge in [-0.25, -0.2) is 0 Å². The smallest absolute Gasteiger partial charge is 0.0600 e. The lowest BCUT2D eigenvalue weighted by Gasteiger charge is -2.19. The van der Waals surface area contributed by atoms with Crippen LogP contribution in [0.3, 0.4) is 0 Å². The van der Waals surface area contributed by atoms with Crippen molar-refractivity contribution in [2.45, 2.75) is 58.5 Å². The van der Waals surface area contributed by atoms with Gasteiger partial charge in [0.05, 0.1) is 6.10 Å². The first-order valence-electron chi connectivity index (χ1n) is 6.89. The molecule has 17 heavy (non-hydrogen) atoms. The van der Waals surface area contributed by atoms with E-state index in [-0.39, 0.29) is 6.10 Å². The number of hydrogen-bond acceptors (Lipinski definition) is 3. The average molecular weight is 274 g/mol. The van der Waals surface area contributed by atoms with Gasteiger partial charge in [-0.1, -0.05) is 45.6 Å². The second-order valence-electron chi connectivity index (χ2n) is 4.81. The lowest BCUT2D eigenvalue weighted by atomic mass is 9.99. The van der Waals surface area contributed by atoms with Crippen molar-refractivity contribution in [1.29, 1.82) is 0 Å². The lowest BCUT2D eigenvalue weighted by Crippen LogP contribution is -2.16. The Kier molecular flexibility index (Phi) is 8.50. The van der Waals surface area contributed by atoms with Crippen molar-refractivity contribution < 1.29 is 5.11 Å². The van der Waals surface area contributed by atoms with Crippen LogP contribution >= 0.6 is 23.5 Å². The quantitative estimate of drug-likeness (QED) is 0.682. The van der Waals surface area contributed by atoms with Crippen LogP contribution in [0.15, 0.2) is 10.3 Å². The molecule has 0 unspecified atom stereocenters. The summed E-state index contributed by atoms with van der Waals surface area (Å²) in [6.45, 7) is 4.37. The molecule has 1 aliphatic heterocycles. The van der Waals surface area contributed by atoms with E-state index in [1.54, 1.807) is 0 Å². The van der Waals surface area contributed by atoms with E-state index in [4.69, 9.17) is 0 Å². The topological polar surface area (TPSA) is 20.2 Å². The zero-order valence-electron chi connectivity index (χ0n) is 11.2. The second kappa shape index (κ2) is 9.35. The minimum Gasteiger partial charge on any atom is -0.393 e. The van der Waals surface area contributed by atoms with Crippen LogP contribution < -0.4 is 0 Å². The molecule has 1 heterocycles. The number of aliphatic hydroxyl groups excluding tert-OH is 1. The molecule has 0 bridgehead atoms. The maximum atomic E-state index is 10.1. The first-order valence-corrected chi connectivity index (χ1v) is 8.86. The summed E-state index contributed by atoms with van der Waals surface area (Å²) >= 11 is 3.91. The van der Waals surface area contributed by atoms with E-state index in [0.717, 1.165) is 6.42 Å². The molecule has 0 aromatic rings. The van der Waals surface area contributed by atoms with Crippen molar-refractivity contribution in [3.05, 3.63) is 10.3 Å². The number of aliphatic hydroxyl groups is 1. The summed E-state index contributed by atoms with van der Waals surface area (Å²) in [5, 5.41) is 10.1. The third kappa shape index (κ3) is 6.78. The van der Waals surface area contributed by atoms with Gasteiger partial charge in [0, 0.05) is 10.2 Å². The maximum absolute atomic E-state index is 10.1. The van der Waals surface area contributed by atoms with Crippen LogP contribution in [0.25, 0.3) is 0 Å². The normalized spacial score (nSPS) is 20.1. The highest BCUT2D eigenvalue weighted by atomic mass is 32.2. The fourth-order valence-electron chi connectivity index (χ4n) is 1.91. The molecular weight excluding hydrogens is 248 g/mol. The van der Waals surface area contributed by atoms with E-state index in [1.165, 1.54) is 47.8 Å². The number of thioether (sulfide) groups is 2. The standard InChI is InChI=1S/C14H26OS2/c1-3-4-5-6-8-13(15)12(2)11-14-16-9-7-10-17-14/h11-13,15H,3-10H2,1-2H3/t12-,13+/m1/s1. The first-order chi connectivity index (χ1) is 8.24. The van der Waals surface area contributed by atoms with Gasteiger partial charge in [0.15, 0.2) is 0 Å². The minimum atomic E-state index is -0.150. The lowest BCUT2D eigenvalue weighted by molar-refractivity contribution is 0.125. The van der Waals surface area contributed by atoms with Crippen LogP contribution in [0, 0.1) is 5.92 Å². The predicted octanol–water partition coefficient (Wildman–Crippen LogP) is 4.67. The van der Waals surface area contributed by atoms with Crippen LogP contribution in [-0.2, 0) is 0 Å². The predicted molar refractivity (Wildman–Crippen MR) is 81.5 cm³/mol. The molecule has 0 saturated carbocycles. The molecule has 1 aliphatic rings. The van der Waals surface area contributed by atoms with E-state index in [9.17, 15) is 5.11 Å². The highest BCUT2D eigenvalue weighted by molar-refractivity contribution is 8.22. The van der Waals surface area contributed by atoms with Gasteiger partial charge in [0.1, 0.15) is 0 Å². The van der Waals surface area contributed by atoms with Gasteiger partial charge in [-0.05, 0) is 24.3 Å². The Morgan fingerprint density at radius 3 is 2.59 bits per heavy atom. The fraction of sp³-hybridized carbons (Fsp3) is 0.857. The van der Waals surface area contributed by atoms with Crippen LogP contribution in [0.4, 0.5) is 0 Å². The molecule has 0 aliphatic carbocycles. The van der Waals surface area contributed by atoms with Crippen molar-refractivity contribution in [2.75, 3.05) is 11.5 Å². The molecule has 1 saturated heterocycles. The Balaban J connectivity index is 2.22. The van der Waals surface area contributed by atoms with Gasteiger partial charge in [0.25, 0.3) is 0 Å². The summed E-state index contributed by atoms with van der Waals surface area (Å²) in [7, 11) is 0. The van der Waals surface area contributed by atoms with Gasteiger partial charge in [-0.3, -0.25) is 0 Å². The van der Waals surface area contributed by atoms with E-state index in [2.05, 4.69) is 19.9 Å². The molecule has 0 amide bonds. The van der Waals surface area contributed by atoms with Crippen LogP contribution in [0.5, 0.6) is 0 Å². The SMILES string of the molecule is CCCCCC[C@H](O)[C@H](C)C=C1SCCCS1. The molecule has 1 nitrogen and oxygen atoms in total. The highest BCUT2D eigenvalue weighted by Crippen LogP contribution is 2.35. The number of hydrogen-bond donors (Lipinski definition) is 1. The van der Waals surface area contributed by atoms with Gasteiger partial charge in [0.2, 0.25) is 0 Å². The van der Waals surface area contributed by atoms with E-state index in [1.807, 2.05) is 23.5 Å². The van der Waals surface area contributed by atoms with Gasteiger partial charge in [-0.2, -0.15) is 0 Å². The van der Waals surface area contributed by atoms with Crippen molar-refractivity contribution in [1.82, 2.24) is 0 Å². The van der Waals surface area contributed by atoms with Crippen LogP contribution in [0.2, 0.25) is 0 Å². The minimum absolute atomic E-state index is 0.150. The summed E-state index contributed by atoms with van der Waals surface area (Å²) in [5.41, 5.74) is 0. The van der Waals surface area contributed by atoms with Gasteiger partial charge in [-0.15, -0.1) is 23.5 Å². The monoisotopic (exact) mass is 274 g/mol. The molecule has 0 spiro atoms. The Labute approximate surface area is 115 Å². The molecular formula is C14H26OS2. The molecule has 3 heteroatoms. The van der Waals surface area contributed by atoms with Crippen LogP contribution in [-0.4, -0.2) is 22.7 Å².